The molecule has 5 heteroatoms. The lowest BCUT2D eigenvalue weighted by Gasteiger charge is -2.11. The summed E-state index contributed by atoms with van der Waals surface area (Å²) in [6.07, 6.45) is 2.12. The molecule has 120 valence electrons. The summed E-state index contributed by atoms with van der Waals surface area (Å²) in [6, 6.07) is 9.93. The Morgan fingerprint density at radius 1 is 1.27 bits per heavy atom. The number of carbonyl (C=O) groups excluding carboxylic acids is 1. The van der Waals surface area contributed by atoms with Crippen LogP contribution in [0.2, 0.25) is 0 Å². The normalized spacial score (nSPS) is 10.1. The first-order valence-electron chi connectivity index (χ1n) is 7.24. The van der Waals surface area contributed by atoms with Crippen LogP contribution in [0, 0.1) is 6.92 Å². The number of nitrogens with zero attached hydrogens (tertiary/aromatic N) is 1. The van der Waals surface area contributed by atoms with Crippen molar-refractivity contribution >= 4 is 24.1 Å². The van der Waals surface area contributed by atoms with E-state index in [0.29, 0.717) is 11.3 Å². The van der Waals surface area contributed by atoms with Gasteiger partial charge < -0.3 is 15.0 Å². The molecule has 1 aromatic carbocycles. The Balaban J connectivity index is 0.00000242. The van der Waals surface area contributed by atoms with Gasteiger partial charge in [0.1, 0.15) is 5.56 Å². The Morgan fingerprint density at radius 2 is 1.91 bits per heavy atom. The largest absolute Gasteiger partial charge is 0.465 e. The van der Waals surface area contributed by atoms with E-state index in [2.05, 4.69) is 11.5 Å². The molecule has 0 amide bonds. The Morgan fingerprint density at radius 3 is 2.45 bits per heavy atom. The van der Waals surface area contributed by atoms with Crippen LogP contribution in [0.4, 0.5) is 5.69 Å². The van der Waals surface area contributed by atoms with Crippen LogP contribution in [0.1, 0.15) is 35.8 Å². The average Bonchev–Trinajstić information content (AvgIpc) is 2.76. The van der Waals surface area contributed by atoms with Crippen molar-refractivity contribution in [3.63, 3.8) is 0 Å². The predicted molar refractivity (Wildman–Crippen MR) is 92.5 cm³/mol. The van der Waals surface area contributed by atoms with Gasteiger partial charge in [0.15, 0.2) is 0 Å². The van der Waals surface area contributed by atoms with Gasteiger partial charge in [-0.15, -0.1) is 12.4 Å². The monoisotopic (exact) mass is 322 g/mol. The number of methoxy groups -OCH3 is 1. The molecule has 0 spiro atoms. The summed E-state index contributed by atoms with van der Waals surface area (Å²) < 4.78 is 7.00. The standard InChI is InChI=1S/C17H22N2O2.ClH/c1-4-5-11-19-12(2)14(17(20)21-3)15(18)16(19)13-9-7-6-8-10-13;/h6-10H,4-5,11,18H2,1-3H3;1H. The lowest BCUT2D eigenvalue weighted by atomic mass is 10.1. The van der Waals surface area contributed by atoms with Gasteiger partial charge in [0.05, 0.1) is 18.5 Å². The summed E-state index contributed by atoms with van der Waals surface area (Å²) in [7, 11) is 1.38. The van der Waals surface area contributed by atoms with E-state index in [1.165, 1.54) is 7.11 Å². The van der Waals surface area contributed by atoms with Crippen molar-refractivity contribution in [1.82, 2.24) is 4.57 Å². The highest BCUT2D eigenvalue weighted by Crippen LogP contribution is 2.34. The topological polar surface area (TPSA) is 57.2 Å². The van der Waals surface area contributed by atoms with E-state index < -0.39 is 0 Å². The zero-order chi connectivity index (χ0) is 15.4. The lowest BCUT2D eigenvalue weighted by molar-refractivity contribution is 0.0601. The van der Waals surface area contributed by atoms with Crippen LogP contribution >= 0.6 is 12.4 Å². The molecule has 2 N–H and O–H groups in total. The summed E-state index contributed by atoms with van der Waals surface area (Å²) in [5.41, 5.74) is 10.0. The third-order valence-electron chi connectivity index (χ3n) is 3.73. The third kappa shape index (κ3) is 3.28. The fourth-order valence-electron chi connectivity index (χ4n) is 2.62. The molecular weight excluding hydrogens is 300 g/mol. The minimum atomic E-state index is -0.377. The van der Waals surface area contributed by atoms with Crippen molar-refractivity contribution in [3.8, 4) is 11.3 Å². The minimum absolute atomic E-state index is 0. The van der Waals surface area contributed by atoms with Crippen LogP contribution < -0.4 is 5.73 Å². The molecule has 1 aromatic heterocycles. The number of rotatable bonds is 5. The number of hydrogen-bond donors (Lipinski definition) is 1. The highest BCUT2D eigenvalue weighted by atomic mass is 35.5. The molecule has 0 radical (unpaired) electrons. The van der Waals surface area contributed by atoms with Gasteiger partial charge in [0.25, 0.3) is 0 Å². The van der Waals surface area contributed by atoms with Crippen LogP contribution in [0.25, 0.3) is 11.3 Å². The molecular formula is C17H23ClN2O2. The SMILES string of the molecule is CCCCn1c(C)c(C(=O)OC)c(N)c1-c1ccccc1.Cl. The van der Waals surface area contributed by atoms with Crippen LogP contribution in [0.3, 0.4) is 0 Å². The molecule has 4 nitrogen and oxygen atoms in total. The number of hydrogen-bond acceptors (Lipinski definition) is 3. The minimum Gasteiger partial charge on any atom is -0.465 e. The second kappa shape index (κ2) is 7.90. The second-order valence-corrected chi connectivity index (χ2v) is 5.09. The molecule has 2 rings (SSSR count). The van der Waals surface area contributed by atoms with Gasteiger partial charge in [-0.25, -0.2) is 4.79 Å². The quantitative estimate of drug-likeness (QED) is 0.845. The number of halogens is 1. The average molecular weight is 323 g/mol. The van der Waals surface area contributed by atoms with E-state index in [1.54, 1.807) is 0 Å². The van der Waals surface area contributed by atoms with Gasteiger partial charge in [-0.3, -0.25) is 0 Å². The van der Waals surface area contributed by atoms with E-state index in [4.69, 9.17) is 10.5 Å². The number of anilines is 1. The molecule has 0 aliphatic rings. The third-order valence-corrected chi connectivity index (χ3v) is 3.73. The number of unbranched alkanes of at least 4 members (excludes halogenated alkanes) is 1. The Bertz CT molecular complexity index is 636. The molecule has 0 atom stereocenters. The van der Waals surface area contributed by atoms with Crippen molar-refractivity contribution in [2.45, 2.75) is 33.2 Å². The highest BCUT2D eigenvalue weighted by Gasteiger charge is 2.24. The van der Waals surface area contributed by atoms with Crippen molar-refractivity contribution in [2.75, 3.05) is 12.8 Å². The molecule has 2 aromatic rings. The zero-order valence-electron chi connectivity index (χ0n) is 13.3. The molecule has 0 bridgehead atoms. The summed E-state index contributed by atoms with van der Waals surface area (Å²) in [5.74, 6) is -0.377. The van der Waals surface area contributed by atoms with Crippen molar-refractivity contribution in [2.24, 2.45) is 0 Å². The lowest BCUT2D eigenvalue weighted by Crippen LogP contribution is -2.06. The van der Waals surface area contributed by atoms with Crippen LogP contribution in [0.5, 0.6) is 0 Å². The highest BCUT2D eigenvalue weighted by molar-refractivity contribution is 6.00. The summed E-state index contributed by atoms with van der Waals surface area (Å²) in [6.45, 7) is 4.91. The number of esters is 1. The van der Waals surface area contributed by atoms with E-state index in [0.717, 1.165) is 36.3 Å². The maximum Gasteiger partial charge on any atom is 0.341 e. The van der Waals surface area contributed by atoms with Gasteiger partial charge in [-0.05, 0) is 13.3 Å². The van der Waals surface area contributed by atoms with Crippen molar-refractivity contribution in [1.29, 1.82) is 0 Å². The van der Waals surface area contributed by atoms with Gasteiger partial charge in [0, 0.05) is 17.8 Å². The molecule has 0 unspecified atom stereocenters. The molecule has 0 saturated carbocycles. The van der Waals surface area contributed by atoms with Crippen LogP contribution in [-0.2, 0) is 11.3 Å². The summed E-state index contributed by atoms with van der Waals surface area (Å²) in [5, 5.41) is 0. The van der Waals surface area contributed by atoms with Crippen molar-refractivity contribution in [3.05, 3.63) is 41.6 Å². The number of ether oxygens (including phenoxy) is 1. The van der Waals surface area contributed by atoms with E-state index >= 15 is 0 Å². The van der Waals surface area contributed by atoms with Crippen LogP contribution in [0.15, 0.2) is 30.3 Å². The second-order valence-electron chi connectivity index (χ2n) is 5.09. The maximum atomic E-state index is 12.0. The molecule has 0 aliphatic heterocycles. The predicted octanol–water partition coefficient (Wildman–Crippen LogP) is 4.05. The van der Waals surface area contributed by atoms with Gasteiger partial charge in [-0.2, -0.15) is 0 Å². The summed E-state index contributed by atoms with van der Waals surface area (Å²) >= 11 is 0. The molecule has 0 saturated heterocycles. The number of nitrogen functional groups attached to an aromatic ring is 1. The van der Waals surface area contributed by atoms with Crippen LogP contribution in [-0.4, -0.2) is 17.6 Å². The van der Waals surface area contributed by atoms with Gasteiger partial charge >= 0.3 is 5.97 Å². The van der Waals surface area contributed by atoms with E-state index in [9.17, 15) is 4.79 Å². The summed E-state index contributed by atoms with van der Waals surface area (Å²) in [4.78, 5) is 12.0. The first-order valence-corrected chi connectivity index (χ1v) is 7.24. The van der Waals surface area contributed by atoms with Gasteiger partial charge in [0.2, 0.25) is 0 Å². The zero-order valence-corrected chi connectivity index (χ0v) is 14.1. The number of aromatic nitrogens is 1. The first kappa shape index (κ1) is 18.1. The maximum absolute atomic E-state index is 12.0. The number of benzene rings is 1. The Labute approximate surface area is 137 Å². The Kier molecular flexibility index (Phi) is 6.50. The molecule has 1 heterocycles. The molecule has 0 fully saturated rings. The Hall–Kier alpha value is -1.94. The van der Waals surface area contributed by atoms with E-state index in [-0.39, 0.29) is 18.4 Å². The number of carbonyl (C=O) groups is 1. The van der Waals surface area contributed by atoms with Crippen molar-refractivity contribution < 1.29 is 9.53 Å². The fraction of sp³-hybridized carbons (Fsp3) is 0.353. The smallest absolute Gasteiger partial charge is 0.341 e. The fourth-order valence-corrected chi connectivity index (χ4v) is 2.62. The number of nitrogens with two attached hydrogens (primary N) is 1. The van der Waals surface area contributed by atoms with E-state index in [1.807, 2.05) is 37.3 Å². The molecule has 22 heavy (non-hydrogen) atoms. The molecule has 0 aliphatic carbocycles. The van der Waals surface area contributed by atoms with Gasteiger partial charge in [-0.1, -0.05) is 43.7 Å². The first-order chi connectivity index (χ1) is 10.1.